The molecule has 0 aromatic heterocycles. The van der Waals surface area contributed by atoms with Crippen LogP contribution in [0.4, 0.5) is 24.5 Å². The fraction of sp³-hybridized carbons (Fsp3) is 0.444. The summed E-state index contributed by atoms with van der Waals surface area (Å²) in [6.45, 7) is 7.11. The summed E-state index contributed by atoms with van der Waals surface area (Å²) < 4.78 is 31.7. The second-order valence-corrected chi connectivity index (χ2v) is 9.57. The van der Waals surface area contributed by atoms with Crippen molar-refractivity contribution in [3.8, 4) is 0 Å². The number of aliphatic carboxylic acids is 1. The highest BCUT2D eigenvalue weighted by atomic mass is 19.4. The number of likely N-dealkylation sites (tertiary alicyclic amines) is 1. The lowest BCUT2D eigenvalue weighted by molar-refractivity contribution is -0.192. The average Bonchev–Trinajstić information content (AvgIpc) is 3.37. The number of piperidine rings is 1. The summed E-state index contributed by atoms with van der Waals surface area (Å²) in [5.74, 6) is -3.39. The summed E-state index contributed by atoms with van der Waals surface area (Å²) in [5.41, 5.74) is 2.95. The van der Waals surface area contributed by atoms with Crippen molar-refractivity contribution in [2.24, 2.45) is 5.92 Å². The van der Waals surface area contributed by atoms with Gasteiger partial charge in [0.05, 0.1) is 11.3 Å². The molecule has 8 nitrogen and oxygen atoms in total. The van der Waals surface area contributed by atoms with Crippen LogP contribution in [0, 0.1) is 12.8 Å². The molecule has 2 saturated heterocycles. The number of aryl methyl sites for hydroxylation is 1. The van der Waals surface area contributed by atoms with Crippen LogP contribution in [0.5, 0.6) is 0 Å². The number of carboxylic acids is 2. The monoisotopic (exact) mass is 535 g/mol. The van der Waals surface area contributed by atoms with Crippen LogP contribution in [-0.4, -0.2) is 71.9 Å². The number of hydrogen-bond acceptors (Lipinski definition) is 5. The summed E-state index contributed by atoms with van der Waals surface area (Å²) in [6.07, 6.45) is -0.242. The Kier molecular flexibility index (Phi) is 9.73. The van der Waals surface area contributed by atoms with E-state index < -0.39 is 18.1 Å². The number of carbonyl (C=O) groups is 3. The molecule has 0 spiro atoms. The van der Waals surface area contributed by atoms with E-state index in [1.165, 1.54) is 32.4 Å². The Morgan fingerprint density at radius 2 is 1.63 bits per heavy atom. The molecule has 0 aliphatic carbocycles. The van der Waals surface area contributed by atoms with E-state index in [4.69, 9.17) is 9.90 Å². The Morgan fingerprint density at radius 1 is 0.974 bits per heavy atom. The summed E-state index contributed by atoms with van der Waals surface area (Å²) in [7, 11) is 0. The molecule has 2 aromatic rings. The van der Waals surface area contributed by atoms with E-state index in [2.05, 4.69) is 15.1 Å². The molecule has 206 valence electrons. The smallest absolute Gasteiger partial charge is 0.478 e. The van der Waals surface area contributed by atoms with Crippen LogP contribution in [0.15, 0.2) is 42.5 Å². The predicted octanol–water partition coefficient (Wildman–Crippen LogP) is 4.89. The van der Waals surface area contributed by atoms with Gasteiger partial charge in [-0.3, -0.25) is 4.79 Å². The Bertz CT molecular complexity index is 1150. The first-order chi connectivity index (χ1) is 18.0. The third-order valence-corrected chi connectivity index (χ3v) is 6.69. The molecule has 11 heteroatoms. The minimum Gasteiger partial charge on any atom is -0.478 e. The average molecular weight is 536 g/mol. The molecule has 0 radical (unpaired) electrons. The lowest BCUT2D eigenvalue weighted by Gasteiger charge is -2.36. The lowest BCUT2D eigenvalue weighted by Crippen LogP contribution is -2.41. The van der Waals surface area contributed by atoms with Gasteiger partial charge in [-0.15, -0.1) is 0 Å². The number of benzene rings is 2. The normalized spacial score (nSPS) is 17.9. The molecule has 2 aromatic carbocycles. The van der Waals surface area contributed by atoms with Gasteiger partial charge in [0.25, 0.3) is 5.91 Å². The third kappa shape index (κ3) is 7.95. The zero-order chi connectivity index (χ0) is 27.9. The van der Waals surface area contributed by atoms with E-state index in [1.54, 1.807) is 12.1 Å². The second-order valence-electron chi connectivity index (χ2n) is 9.57. The zero-order valence-electron chi connectivity index (χ0n) is 21.1. The van der Waals surface area contributed by atoms with Crippen LogP contribution in [0.2, 0.25) is 0 Å². The zero-order valence-corrected chi connectivity index (χ0v) is 21.1. The number of alkyl halides is 3. The number of rotatable bonds is 6. The molecule has 2 heterocycles. The molecule has 2 aliphatic heterocycles. The minimum atomic E-state index is -5.08. The van der Waals surface area contributed by atoms with Gasteiger partial charge >= 0.3 is 18.1 Å². The van der Waals surface area contributed by atoms with Gasteiger partial charge in [0.1, 0.15) is 0 Å². The fourth-order valence-corrected chi connectivity index (χ4v) is 4.85. The topological polar surface area (TPSA) is 110 Å². The maximum atomic E-state index is 12.6. The van der Waals surface area contributed by atoms with Crippen molar-refractivity contribution in [2.45, 2.75) is 38.8 Å². The summed E-state index contributed by atoms with van der Waals surface area (Å²) in [6, 6.07) is 12.6. The first kappa shape index (κ1) is 29.0. The number of aromatic carboxylic acids is 1. The van der Waals surface area contributed by atoms with Gasteiger partial charge in [0.15, 0.2) is 0 Å². The van der Waals surface area contributed by atoms with Gasteiger partial charge < -0.3 is 25.3 Å². The van der Waals surface area contributed by atoms with Crippen molar-refractivity contribution in [3.05, 3.63) is 59.2 Å². The number of carboxylic acid groups (broad SMARTS) is 2. The number of halogens is 3. The molecule has 1 amide bonds. The summed E-state index contributed by atoms with van der Waals surface area (Å²) in [4.78, 5) is 38.3. The standard InChI is InChI=1S/C25H31N3O3.C2HF3O2/c1-18-7-2-3-9-21(18)24(29)26-20-10-11-23(22(15-20)25(30)31)28-14-6-8-19(17-28)16-27-12-4-5-13-27;3-2(4,5)1(6)7/h2-3,7,9-11,15,19H,4-6,8,12-14,16-17H2,1H3,(H,26,29)(H,30,31);(H,6,7). The van der Waals surface area contributed by atoms with E-state index in [0.29, 0.717) is 17.2 Å². The lowest BCUT2D eigenvalue weighted by atomic mass is 9.96. The molecule has 0 bridgehead atoms. The van der Waals surface area contributed by atoms with Crippen LogP contribution in [0.25, 0.3) is 0 Å². The maximum absolute atomic E-state index is 12.6. The van der Waals surface area contributed by atoms with Gasteiger partial charge in [-0.05, 0) is 81.4 Å². The maximum Gasteiger partial charge on any atom is 0.490 e. The number of amides is 1. The highest BCUT2D eigenvalue weighted by Gasteiger charge is 2.38. The molecule has 38 heavy (non-hydrogen) atoms. The highest BCUT2D eigenvalue weighted by molar-refractivity contribution is 6.06. The van der Waals surface area contributed by atoms with Crippen LogP contribution in [0.1, 0.15) is 52.0 Å². The van der Waals surface area contributed by atoms with Crippen LogP contribution >= 0.6 is 0 Å². The first-order valence-corrected chi connectivity index (χ1v) is 12.5. The number of carbonyl (C=O) groups excluding carboxylic acids is 1. The van der Waals surface area contributed by atoms with Crippen LogP contribution < -0.4 is 10.2 Å². The van der Waals surface area contributed by atoms with Gasteiger partial charge in [0, 0.05) is 30.9 Å². The Morgan fingerprint density at radius 3 is 2.24 bits per heavy atom. The number of nitrogens with zero attached hydrogens (tertiary/aromatic N) is 2. The second kappa shape index (κ2) is 12.8. The van der Waals surface area contributed by atoms with E-state index in [-0.39, 0.29) is 11.5 Å². The van der Waals surface area contributed by atoms with Crippen molar-refractivity contribution >= 4 is 29.2 Å². The molecular weight excluding hydrogens is 503 g/mol. The Balaban J connectivity index is 0.000000505. The molecule has 4 rings (SSSR count). The van der Waals surface area contributed by atoms with Gasteiger partial charge in [0.2, 0.25) is 0 Å². The molecule has 1 atom stereocenters. The van der Waals surface area contributed by atoms with E-state index in [0.717, 1.165) is 37.3 Å². The summed E-state index contributed by atoms with van der Waals surface area (Å²) in [5, 5.41) is 19.8. The van der Waals surface area contributed by atoms with Crippen molar-refractivity contribution in [3.63, 3.8) is 0 Å². The molecule has 0 saturated carbocycles. The van der Waals surface area contributed by atoms with Crippen molar-refractivity contribution in [2.75, 3.05) is 42.9 Å². The van der Waals surface area contributed by atoms with Gasteiger partial charge in [-0.1, -0.05) is 18.2 Å². The number of anilines is 2. The molecule has 3 N–H and O–H groups in total. The Labute approximate surface area is 219 Å². The van der Waals surface area contributed by atoms with Crippen LogP contribution in [-0.2, 0) is 4.79 Å². The van der Waals surface area contributed by atoms with Gasteiger partial charge in [-0.2, -0.15) is 13.2 Å². The van der Waals surface area contributed by atoms with Crippen molar-refractivity contribution in [1.82, 2.24) is 4.90 Å². The summed E-state index contributed by atoms with van der Waals surface area (Å²) >= 11 is 0. The van der Waals surface area contributed by atoms with E-state index >= 15 is 0 Å². The molecular formula is C27H32F3N3O5. The van der Waals surface area contributed by atoms with E-state index in [1.807, 2.05) is 37.3 Å². The fourth-order valence-electron chi connectivity index (χ4n) is 4.85. The molecule has 2 fully saturated rings. The number of nitrogens with one attached hydrogen (secondary N) is 1. The molecule has 2 aliphatic rings. The quantitative estimate of drug-likeness (QED) is 0.483. The van der Waals surface area contributed by atoms with Crippen LogP contribution in [0.3, 0.4) is 0 Å². The third-order valence-electron chi connectivity index (χ3n) is 6.69. The van der Waals surface area contributed by atoms with Crippen molar-refractivity contribution in [1.29, 1.82) is 0 Å². The largest absolute Gasteiger partial charge is 0.490 e. The minimum absolute atomic E-state index is 0.231. The Hall–Kier alpha value is -3.60. The predicted molar refractivity (Wildman–Crippen MR) is 137 cm³/mol. The highest BCUT2D eigenvalue weighted by Crippen LogP contribution is 2.30. The number of hydrogen-bond donors (Lipinski definition) is 3. The van der Waals surface area contributed by atoms with E-state index in [9.17, 15) is 27.9 Å². The first-order valence-electron chi connectivity index (χ1n) is 12.5. The molecule has 1 unspecified atom stereocenters. The van der Waals surface area contributed by atoms with Gasteiger partial charge in [-0.25, -0.2) is 9.59 Å². The van der Waals surface area contributed by atoms with Crippen molar-refractivity contribution < 1.29 is 37.8 Å². The SMILES string of the molecule is Cc1ccccc1C(=O)Nc1ccc(N2CCCC(CN3CCCC3)C2)c(C(=O)O)c1.O=C(O)C(F)(F)F.